The molecular formula is C20H31N3O5. The van der Waals surface area contributed by atoms with E-state index in [0.29, 0.717) is 30.0 Å². The molecule has 3 amide bonds. The van der Waals surface area contributed by atoms with Crippen molar-refractivity contribution in [2.24, 2.45) is 11.1 Å². The van der Waals surface area contributed by atoms with E-state index in [9.17, 15) is 14.4 Å². The lowest BCUT2D eigenvalue weighted by atomic mass is 9.93. The molecular weight excluding hydrogens is 362 g/mol. The van der Waals surface area contributed by atoms with Crippen molar-refractivity contribution in [3.8, 4) is 5.75 Å². The number of carbonyl (C=O) groups is 3. The fraction of sp³-hybridized carbons (Fsp3) is 0.550. The summed E-state index contributed by atoms with van der Waals surface area (Å²) in [6, 6.07) is 4.86. The van der Waals surface area contributed by atoms with Crippen molar-refractivity contribution < 1.29 is 23.9 Å². The summed E-state index contributed by atoms with van der Waals surface area (Å²) < 4.78 is 10.2. The number of nitrogens with two attached hydrogens (primary N) is 1. The molecule has 8 nitrogen and oxygen atoms in total. The summed E-state index contributed by atoms with van der Waals surface area (Å²) in [7, 11) is 1.25. The second-order valence-corrected chi connectivity index (χ2v) is 7.78. The molecule has 0 saturated carbocycles. The van der Waals surface area contributed by atoms with Gasteiger partial charge < -0.3 is 20.5 Å². The molecule has 1 atom stereocenters. The summed E-state index contributed by atoms with van der Waals surface area (Å²) in [5.74, 6) is -0.910. The number of hydrogen-bond donors (Lipinski definition) is 3. The highest BCUT2D eigenvalue weighted by Gasteiger charge is 2.19. The molecule has 0 aliphatic heterocycles. The van der Waals surface area contributed by atoms with Crippen LogP contribution in [-0.2, 0) is 14.3 Å². The first-order valence-electron chi connectivity index (χ1n) is 9.24. The van der Waals surface area contributed by atoms with Crippen LogP contribution in [0.4, 0.5) is 10.5 Å². The average molecular weight is 393 g/mol. The Morgan fingerprint density at radius 1 is 1.18 bits per heavy atom. The summed E-state index contributed by atoms with van der Waals surface area (Å²) in [6.07, 6.45) is 0.660. The summed E-state index contributed by atoms with van der Waals surface area (Å²) >= 11 is 0. The molecule has 28 heavy (non-hydrogen) atoms. The van der Waals surface area contributed by atoms with Gasteiger partial charge in [0.05, 0.1) is 13.0 Å². The van der Waals surface area contributed by atoms with Crippen LogP contribution in [-0.4, -0.2) is 38.2 Å². The first-order chi connectivity index (χ1) is 13.1. The number of methoxy groups -OCH3 is 1. The minimum Gasteiger partial charge on any atom is -0.484 e. The first-order valence-corrected chi connectivity index (χ1v) is 9.24. The number of primary amides is 1. The monoisotopic (exact) mass is 393 g/mol. The van der Waals surface area contributed by atoms with E-state index >= 15 is 0 Å². The third kappa shape index (κ3) is 8.28. The van der Waals surface area contributed by atoms with Crippen LogP contribution in [0.1, 0.15) is 52.0 Å². The van der Waals surface area contributed by atoms with Crippen molar-refractivity contribution in [1.82, 2.24) is 5.32 Å². The lowest BCUT2D eigenvalue weighted by molar-refractivity contribution is -0.123. The molecule has 1 aromatic carbocycles. The zero-order valence-corrected chi connectivity index (χ0v) is 17.3. The Morgan fingerprint density at radius 2 is 1.86 bits per heavy atom. The number of amides is 3. The SMILES string of the molecule is CCCC(C(N)=O)c1cc(NC(=O)OC)cc(OCC(=O)NCC(C)(C)C)c1. The fourth-order valence-electron chi connectivity index (χ4n) is 2.47. The van der Waals surface area contributed by atoms with Gasteiger partial charge in [0.2, 0.25) is 5.91 Å². The Kier molecular flexibility index (Phi) is 8.76. The van der Waals surface area contributed by atoms with Crippen LogP contribution in [0.3, 0.4) is 0 Å². The van der Waals surface area contributed by atoms with Gasteiger partial charge in [0.25, 0.3) is 5.91 Å². The fourth-order valence-corrected chi connectivity index (χ4v) is 2.47. The summed E-state index contributed by atoms with van der Waals surface area (Å²) in [4.78, 5) is 35.4. The Bertz CT molecular complexity index is 698. The van der Waals surface area contributed by atoms with Gasteiger partial charge in [-0.25, -0.2) is 4.79 Å². The van der Waals surface area contributed by atoms with E-state index in [1.807, 2.05) is 27.7 Å². The Morgan fingerprint density at radius 3 is 2.39 bits per heavy atom. The second-order valence-electron chi connectivity index (χ2n) is 7.78. The lowest BCUT2D eigenvalue weighted by Gasteiger charge is -2.19. The molecule has 0 aliphatic carbocycles. The van der Waals surface area contributed by atoms with Gasteiger partial charge in [-0.15, -0.1) is 0 Å². The van der Waals surface area contributed by atoms with Gasteiger partial charge in [0.1, 0.15) is 5.75 Å². The third-order valence-electron chi connectivity index (χ3n) is 3.87. The van der Waals surface area contributed by atoms with Crippen molar-refractivity contribution in [1.29, 1.82) is 0 Å². The zero-order valence-electron chi connectivity index (χ0n) is 17.3. The second kappa shape index (κ2) is 10.5. The number of nitrogens with one attached hydrogen (secondary N) is 2. The topological polar surface area (TPSA) is 120 Å². The molecule has 156 valence electrons. The van der Waals surface area contributed by atoms with Gasteiger partial charge in [-0.2, -0.15) is 0 Å². The van der Waals surface area contributed by atoms with E-state index in [0.717, 1.165) is 6.42 Å². The van der Waals surface area contributed by atoms with E-state index in [4.69, 9.17) is 10.5 Å². The van der Waals surface area contributed by atoms with Crippen LogP contribution in [0.15, 0.2) is 18.2 Å². The number of hydrogen-bond acceptors (Lipinski definition) is 5. The molecule has 0 bridgehead atoms. The molecule has 0 saturated heterocycles. The van der Waals surface area contributed by atoms with E-state index in [-0.39, 0.29) is 17.9 Å². The smallest absolute Gasteiger partial charge is 0.411 e. The highest BCUT2D eigenvalue weighted by molar-refractivity contribution is 5.86. The molecule has 1 rings (SSSR count). The number of rotatable bonds is 9. The highest BCUT2D eigenvalue weighted by atomic mass is 16.5. The Balaban J connectivity index is 3.00. The largest absolute Gasteiger partial charge is 0.484 e. The number of ether oxygens (including phenoxy) is 2. The number of benzene rings is 1. The van der Waals surface area contributed by atoms with Gasteiger partial charge in [-0.3, -0.25) is 14.9 Å². The minimum absolute atomic E-state index is 0.0396. The van der Waals surface area contributed by atoms with Crippen molar-refractivity contribution >= 4 is 23.6 Å². The molecule has 0 spiro atoms. The summed E-state index contributed by atoms with van der Waals surface area (Å²) in [5, 5.41) is 5.34. The molecule has 4 N–H and O–H groups in total. The third-order valence-corrected chi connectivity index (χ3v) is 3.87. The Labute approximate surface area is 166 Å². The van der Waals surface area contributed by atoms with E-state index < -0.39 is 17.9 Å². The van der Waals surface area contributed by atoms with Gasteiger partial charge in [-0.1, -0.05) is 34.1 Å². The van der Waals surface area contributed by atoms with Crippen LogP contribution in [0.25, 0.3) is 0 Å². The predicted molar refractivity (Wildman–Crippen MR) is 107 cm³/mol. The van der Waals surface area contributed by atoms with Crippen LogP contribution < -0.4 is 21.1 Å². The molecule has 0 aromatic heterocycles. The van der Waals surface area contributed by atoms with Crippen molar-refractivity contribution in [2.45, 2.75) is 46.5 Å². The molecule has 0 radical (unpaired) electrons. The summed E-state index contributed by atoms with van der Waals surface area (Å²) in [5.41, 5.74) is 6.48. The predicted octanol–water partition coefficient (Wildman–Crippen LogP) is 2.78. The normalized spacial score (nSPS) is 12.0. The standard InChI is InChI=1S/C20H31N3O5/c1-6-7-16(18(21)25)13-8-14(23-19(26)27-5)10-15(9-13)28-11-17(24)22-12-20(2,3)4/h8-10,16H,6-7,11-12H2,1-5H3,(H2,21,25)(H,22,24)(H,23,26). The van der Waals surface area contributed by atoms with Crippen molar-refractivity contribution in [3.05, 3.63) is 23.8 Å². The molecule has 1 unspecified atom stereocenters. The average Bonchev–Trinajstić information content (AvgIpc) is 2.61. The van der Waals surface area contributed by atoms with E-state index in [1.165, 1.54) is 7.11 Å². The molecule has 0 heterocycles. The van der Waals surface area contributed by atoms with Gasteiger partial charge in [0, 0.05) is 18.3 Å². The molecule has 0 aliphatic rings. The van der Waals surface area contributed by atoms with Gasteiger partial charge in [0.15, 0.2) is 6.61 Å². The quantitative estimate of drug-likeness (QED) is 0.596. The maximum atomic E-state index is 12.0. The van der Waals surface area contributed by atoms with E-state index in [1.54, 1.807) is 18.2 Å². The summed E-state index contributed by atoms with van der Waals surface area (Å²) in [6.45, 7) is 8.32. The number of anilines is 1. The van der Waals surface area contributed by atoms with Gasteiger partial charge in [-0.05, 0) is 29.5 Å². The van der Waals surface area contributed by atoms with Crippen LogP contribution in [0.2, 0.25) is 0 Å². The van der Waals surface area contributed by atoms with Crippen LogP contribution in [0.5, 0.6) is 5.75 Å². The van der Waals surface area contributed by atoms with E-state index in [2.05, 4.69) is 15.4 Å². The molecule has 0 fully saturated rings. The Hall–Kier alpha value is -2.77. The zero-order chi connectivity index (χ0) is 21.3. The van der Waals surface area contributed by atoms with Gasteiger partial charge >= 0.3 is 6.09 Å². The van der Waals surface area contributed by atoms with Crippen LogP contribution >= 0.6 is 0 Å². The van der Waals surface area contributed by atoms with Crippen molar-refractivity contribution in [3.63, 3.8) is 0 Å². The highest BCUT2D eigenvalue weighted by Crippen LogP contribution is 2.29. The van der Waals surface area contributed by atoms with Crippen LogP contribution in [0, 0.1) is 5.41 Å². The number of carbonyl (C=O) groups excluding carboxylic acids is 3. The molecule has 1 aromatic rings. The lowest BCUT2D eigenvalue weighted by Crippen LogP contribution is -2.35. The van der Waals surface area contributed by atoms with Crippen molar-refractivity contribution in [2.75, 3.05) is 25.6 Å². The maximum Gasteiger partial charge on any atom is 0.411 e. The first kappa shape index (κ1) is 23.3. The minimum atomic E-state index is -0.655. The molecule has 8 heteroatoms. The maximum absolute atomic E-state index is 12.0.